The van der Waals surface area contributed by atoms with E-state index < -0.39 is 0 Å². The molecule has 0 aliphatic rings. The van der Waals surface area contributed by atoms with Crippen molar-refractivity contribution in [3.05, 3.63) is 29.8 Å². The first-order chi connectivity index (χ1) is 11.2. The summed E-state index contributed by atoms with van der Waals surface area (Å²) in [6.45, 7) is 0. The lowest BCUT2D eigenvalue weighted by atomic mass is 10.0. The number of aromatic nitrogens is 1. The van der Waals surface area contributed by atoms with Gasteiger partial charge in [0.2, 0.25) is 11.6 Å². The number of thiophene rings is 1. The van der Waals surface area contributed by atoms with Crippen LogP contribution in [0.4, 0.5) is 0 Å². The predicted molar refractivity (Wildman–Crippen MR) is 91.3 cm³/mol. The molecule has 0 saturated heterocycles. The van der Waals surface area contributed by atoms with E-state index in [1.165, 1.54) is 0 Å². The van der Waals surface area contributed by atoms with Gasteiger partial charge in [-0.3, -0.25) is 0 Å². The average Bonchev–Trinajstić information content (AvgIpc) is 3.13. The highest BCUT2D eigenvalue weighted by Gasteiger charge is 2.22. The van der Waals surface area contributed by atoms with Crippen LogP contribution in [-0.2, 0) is 0 Å². The molecule has 0 aliphatic carbocycles. The highest BCUT2D eigenvalue weighted by atomic mass is 32.1. The van der Waals surface area contributed by atoms with Gasteiger partial charge in [-0.1, -0.05) is 6.07 Å². The van der Waals surface area contributed by atoms with Crippen molar-refractivity contribution in [1.29, 1.82) is 0 Å². The molecule has 0 aliphatic heterocycles. The second-order valence-corrected chi connectivity index (χ2v) is 5.67. The van der Waals surface area contributed by atoms with Gasteiger partial charge in [0.05, 0.1) is 33.8 Å². The molecule has 6 heteroatoms. The Hall–Kier alpha value is -2.47. The number of hydrogen-bond donors (Lipinski definition) is 0. The summed E-state index contributed by atoms with van der Waals surface area (Å²) in [4.78, 5) is 5.54. The lowest BCUT2D eigenvalue weighted by molar-refractivity contribution is 0.326. The van der Waals surface area contributed by atoms with Crippen LogP contribution in [0.1, 0.15) is 0 Å². The Bertz CT molecular complexity index is 830. The zero-order valence-corrected chi connectivity index (χ0v) is 14.2. The van der Waals surface area contributed by atoms with Gasteiger partial charge in [-0.15, -0.1) is 11.3 Å². The molecule has 5 nitrogen and oxygen atoms in total. The molecule has 120 valence electrons. The minimum atomic E-state index is 0.484. The second kappa shape index (κ2) is 6.34. The minimum absolute atomic E-state index is 0.484. The standard InChI is InChI=1S/C17H17NO4S/c1-19-12-8-10-11(13-6-5-7-23-13)9-18-17(22-4)14(10)16(21-3)15(12)20-2/h5-9H,1-4H3. The van der Waals surface area contributed by atoms with E-state index in [4.69, 9.17) is 18.9 Å². The summed E-state index contributed by atoms with van der Waals surface area (Å²) >= 11 is 1.65. The Kier molecular flexibility index (Phi) is 4.25. The summed E-state index contributed by atoms with van der Waals surface area (Å²) in [5, 5.41) is 3.73. The maximum atomic E-state index is 5.59. The van der Waals surface area contributed by atoms with Crippen LogP contribution in [0.3, 0.4) is 0 Å². The maximum Gasteiger partial charge on any atom is 0.225 e. The summed E-state index contributed by atoms with van der Waals surface area (Å²) < 4.78 is 22.0. The van der Waals surface area contributed by atoms with E-state index >= 15 is 0 Å². The third-order valence-electron chi connectivity index (χ3n) is 3.62. The van der Waals surface area contributed by atoms with Crippen molar-refractivity contribution in [3.8, 4) is 33.6 Å². The number of rotatable bonds is 5. The third kappa shape index (κ3) is 2.45. The zero-order chi connectivity index (χ0) is 16.4. The Morgan fingerprint density at radius 1 is 0.957 bits per heavy atom. The van der Waals surface area contributed by atoms with Gasteiger partial charge >= 0.3 is 0 Å². The number of benzene rings is 1. The van der Waals surface area contributed by atoms with Gasteiger partial charge < -0.3 is 18.9 Å². The van der Waals surface area contributed by atoms with E-state index in [9.17, 15) is 0 Å². The first kappa shape index (κ1) is 15.4. The fourth-order valence-electron chi connectivity index (χ4n) is 2.62. The Labute approximate surface area is 138 Å². The first-order valence-corrected chi connectivity index (χ1v) is 7.82. The molecule has 3 aromatic rings. The highest BCUT2D eigenvalue weighted by Crippen LogP contribution is 2.48. The molecule has 2 heterocycles. The van der Waals surface area contributed by atoms with Crippen molar-refractivity contribution >= 4 is 22.1 Å². The summed E-state index contributed by atoms with van der Waals surface area (Å²) in [6, 6.07) is 5.99. The molecule has 0 spiro atoms. The fourth-order valence-corrected chi connectivity index (χ4v) is 3.37. The first-order valence-electron chi connectivity index (χ1n) is 6.94. The topological polar surface area (TPSA) is 49.8 Å². The lowest BCUT2D eigenvalue weighted by Crippen LogP contribution is -1.99. The number of pyridine rings is 1. The van der Waals surface area contributed by atoms with E-state index in [-0.39, 0.29) is 0 Å². The third-order valence-corrected chi connectivity index (χ3v) is 4.53. The van der Waals surface area contributed by atoms with Crippen molar-refractivity contribution in [2.45, 2.75) is 0 Å². The van der Waals surface area contributed by atoms with Gasteiger partial charge in [0.1, 0.15) is 0 Å². The van der Waals surface area contributed by atoms with E-state index in [1.54, 1.807) is 46.0 Å². The lowest BCUT2D eigenvalue weighted by Gasteiger charge is -2.17. The van der Waals surface area contributed by atoms with E-state index in [2.05, 4.69) is 11.1 Å². The summed E-state index contributed by atoms with van der Waals surface area (Å²) in [6.07, 6.45) is 1.80. The quantitative estimate of drug-likeness (QED) is 0.707. The fraction of sp³-hybridized carbons (Fsp3) is 0.235. The molecule has 0 fully saturated rings. The van der Waals surface area contributed by atoms with Gasteiger partial charge in [0.15, 0.2) is 11.5 Å². The number of nitrogens with zero attached hydrogens (tertiary/aromatic N) is 1. The van der Waals surface area contributed by atoms with Gasteiger partial charge in [0.25, 0.3) is 0 Å². The molecule has 0 N–H and O–H groups in total. The Morgan fingerprint density at radius 2 is 1.74 bits per heavy atom. The normalized spacial score (nSPS) is 10.6. The molecular formula is C17H17NO4S. The predicted octanol–water partition coefficient (Wildman–Crippen LogP) is 4.00. The van der Waals surface area contributed by atoms with Gasteiger partial charge in [0, 0.05) is 22.0 Å². The smallest absolute Gasteiger partial charge is 0.225 e. The van der Waals surface area contributed by atoms with Crippen molar-refractivity contribution in [2.75, 3.05) is 28.4 Å². The molecule has 0 amide bonds. The summed E-state index contributed by atoms with van der Waals surface area (Å²) in [5.41, 5.74) is 0.995. The minimum Gasteiger partial charge on any atom is -0.493 e. The largest absolute Gasteiger partial charge is 0.493 e. The van der Waals surface area contributed by atoms with Crippen molar-refractivity contribution in [1.82, 2.24) is 4.98 Å². The van der Waals surface area contributed by atoms with Gasteiger partial charge in [-0.25, -0.2) is 4.98 Å². The van der Waals surface area contributed by atoms with Crippen LogP contribution in [0.2, 0.25) is 0 Å². The molecule has 0 atom stereocenters. The van der Waals surface area contributed by atoms with Crippen LogP contribution in [-0.4, -0.2) is 33.4 Å². The van der Waals surface area contributed by atoms with Crippen LogP contribution in [0, 0.1) is 0 Å². The Morgan fingerprint density at radius 3 is 2.30 bits per heavy atom. The molecule has 0 radical (unpaired) electrons. The second-order valence-electron chi connectivity index (χ2n) is 4.73. The Balaban J connectivity index is 2.46. The number of fused-ring (bicyclic) bond motifs is 1. The average molecular weight is 331 g/mol. The molecular weight excluding hydrogens is 314 g/mol. The maximum absolute atomic E-state index is 5.59. The SMILES string of the molecule is COc1cc2c(-c3cccs3)cnc(OC)c2c(OC)c1OC. The molecule has 1 aromatic carbocycles. The molecule has 0 unspecified atom stereocenters. The molecule has 2 aromatic heterocycles. The number of hydrogen-bond acceptors (Lipinski definition) is 6. The molecule has 23 heavy (non-hydrogen) atoms. The number of methoxy groups -OCH3 is 4. The monoisotopic (exact) mass is 331 g/mol. The highest BCUT2D eigenvalue weighted by molar-refractivity contribution is 7.13. The van der Waals surface area contributed by atoms with Crippen LogP contribution in [0.25, 0.3) is 21.2 Å². The van der Waals surface area contributed by atoms with Crippen LogP contribution >= 0.6 is 11.3 Å². The van der Waals surface area contributed by atoms with Crippen molar-refractivity contribution < 1.29 is 18.9 Å². The van der Waals surface area contributed by atoms with Gasteiger partial charge in [-0.05, 0) is 17.5 Å². The van der Waals surface area contributed by atoms with E-state index in [1.807, 2.05) is 17.5 Å². The molecule has 3 rings (SSSR count). The molecule has 0 saturated carbocycles. The zero-order valence-electron chi connectivity index (χ0n) is 13.4. The molecule has 0 bridgehead atoms. The van der Waals surface area contributed by atoms with Crippen LogP contribution < -0.4 is 18.9 Å². The van der Waals surface area contributed by atoms with Crippen molar-refractivity contribution in [3.63, 3.8) is 0 Å². The van der Waals surface area contributed by atoms with Crippen LogP contribution in [0.15, 0.2) is 29.8 Å². The van der Waals surface area contributed by atoms with E-state index in [0.29, 0.717) is 23.1 Å². The number of ether oxygens (including phenoxy) is 4. The van der Waals surface area contributed by atoms with Crippen molar-refractivity contribution in [2.24, 2.45) is 0 Å². The van der Waals surface area contributed by atoms with Gasteiger partial charge in [-0.2, -0.15) is 0 Å². The summed E-state index contributed by atoms with van der Waals surface area (Å²) in [7, 11) is 6.36. The van der Waals surface area contributed by atoms with Crippen LogP contribution in [0.5, 0.6) is 23.1 Å². The van der Waals surface area contributed by atoms with E-state index in [0.717, 1.165) is 21.2 Å². The summed E-state index contributed by atoms with van der Waals surface area (Å²) in [5.74, 6) is 2.15.